The minimum absolute atomic E-state index is 0.273. The van der Waals surface area contributed by atoms with Crippen molar-refractivity contribution >= 4 is 28.1 Å². The summed E-state index contributed by atoms with van der Waals surface area (Å²) in [5.74, 6) is 2.19. The number of rotatable bonds is 2. The molecule has 1 atom stereocenters. The van der Waals surface area contributed by atoms with Gasteiger partial charge in [-0.05, 0) is 34.5 Å². The fourth-order valence-corrected chi connectivity index (χ4v) is 2.77. The summed E-state index contributed by atoms with van der Waals surface area (Å²) in [7, 11) is 0. The van der Waals surface area contributed by atoms with Crippen LogP contribution < -0.4 is 9.47 Å². The molecule has 1 aromatic heterocycles. The average Bonchev–Trinajstić information content (AvgIpc) is 2.49. The van der Waals surface area contributed by atoms with Crippen LogP contribution in [0.25, 0.3) is 0 Å². The summed E-state index contributed by atoms with van der Waals surface area (Å²) < 4.78 is 13.0. The van der Waals surface area contributed by atoms with E-state index in [4.69, 9.17) is 21.7 Å². The molecule has 104 valence electrons. The average molecular weight is 353 g/mol. The zero-order valence-electron chi connectivity index (χ0n) is 10.9. The van der Waals surface area contributed by atoms with Gasteiger partial charge in [-0.25, -0.2) is 4.98 Å². The number of hydrogen-bond acceptors (Lipinski definition) is 4. The summed E-state index contributed by atoms with van der Waals surface area (Å²) in [6.45, 7) is 2.47. The minimum atomic E-state index is -0.273. The molecule has 0 bridgehead atoms. The van der Waals surface area contributed by atoms with Crippen LogP contribution >= 0.6 is 28.1 Å². The number of nitrogens with one attached hydrogen (secondary N) is 1. The van der Waals surface area contributed by atoms with Crippen molar-refractivity contribution in [1.82, 2.24) is 9.97 Å². The van der Waals surface area contributed by atoms with E-state index in [0.717, 1.165) is 28.1 Å². The van der Waals surface area contributed by atoms with E-state index in [0.29, 0.717) is 17.1 Å². The number of ether oxygens (including phenoxy) is 2. The van der Waals surface area contributed by atoms with Crippen molar-refractivity contribution in [3.8, 4) is 11.5 Å². The van der Waals surface area contributed by atoms with Gasteiger partial charge in [0.15, 0.2) is 23.4 Å². The molecule has 2 heterocycles. The maximum atomic E-state index is 5.93. The van der Waals surface area contributed by atoms with Crippen LogP contribution in [0.15, 0.2) is 28.7 Å². The summed E-state index contributed by atoms with van der Waals surface area (Å²) in [6.07, 6.45) is 0.564. The molecule has 20 heavy (non-hydrogen) atoms. The molecule has 4 nitrogen and oxygen atoms in total. The summed E-state index contributed by atoms with van der Waals surface area (Å²) in [5, 5.41) is 0. The van der Waals surface area contributed by atoms with Gasteiger partial charge in [0.25, 0.3) is 0 Å². The SMILES string of the molecule is CCc1[nH]c(C2COc3ccccc3O2)nc(=S)c1Br. The van der Waals surface area contributed by atoms with Crippen LogP contribution in [0.1, 0.15) is 24.5 Å². The van der Waals surface area contributed by atoms with Gasteiger partial charge in [-0.2, -0.15) is 0 Å². The first-order valence-corrected chi connectivity index (χ1v) is 7.56. The van der Waals surface area contributed by atoms with E-state index in [1.54, 1.807) is 0 Å². The van der Waals surface area contributed by atoms with Crippen molar-refractivity contribution in [2.24, 2.45) is 0 Å². The van der Waals surface area contributed by atoms with E-state index in [1.165, 1.54) is 0 Å². The molecule has 1 N–H and O–H groups in total. The Morgan fingerprint density at radius 3 is 2.90 bits per heavy atom. The van der Waals surface area contributed by atoms with E-state index in [2.05, 4.69) is 32.8 Å². The molecule has 3 rings (SSSR count). The van der Waals surface area contributed by atoms with E-state index in [9.17, 15) is 0 Å². The Morgan fingerprint density at radius 1 is 1.40 bits per heavy atom. The Hall–Kier alpha value is -1.40. The molecule has 0 saturated heterocycles. The number of nitrogens with zero attached hydrogens (tertiary/aromatic N) is 1. The van der Waals surface area contributed by atoms with Crippen molar-refractivity contribution < 1.29 is 9.47 Å². The van der Waals surface area contributed by atoms with Crippen molar-refractivity contribution in [1.29, 1.82) is 0 Å². The highest BCUT2D eigenvalue weighted by molar-refractivity contribution is 9.10. The largest absolute Gasteiger partial charge is 0.485 e. The predicted molar refractivity (Wildman–Crippen MR) is 81.8 cm³/mol. The van der Waals surface area contributed by atoms with Gasteiger partial charge in [0.2, 0.25) is 0 Å². The molecule has 0 saturated carbocycles. The zero-order valence-corrected chi connectivity index (χ0v) is 13.3. The second-order valence-electron chi connectivity index (χ2n) is 4.44. The third-order valence-corrected chi connectivity index (χ3v) is 4.53. The Labute approximate surface area is 130 Å². The van der Waals surface area contributed by atoms with E-state index < -0.39 is 0 Å². The van der Waals surface area contributed by atoms with E-state index in [1.807, 2.05) is 24.3 Å². The van der Waals surface area contributed by atoms with Crippen LogP contribution in [-0.2, 0) is 6.42 Å². The number of para-hydroxylation sites is 2. The fourth-order valence-electron chi connectivity index (χ4n) is 2.08. The van der Waals surface area contributed by atoms with Gasteiger partial charge >= 0.3 is 0 Å². The van der Waals surface area contributed by atoms with Gasteiger partial charge in [0, 0.05) is 5.69 Å². The standard InChI is InChI=1S/C14H13BrN2O2S/c1-2-8-12(15)14(20)17-13(16-8)11-7-18-9-5-3-4-6-10(9)19-11/h3-6,11H,2,7H2,1H3,(H,16,17,20). The third-order valence-electron chi connectivity index (χ3n) is 3.12. The third kappa shape index (κ3) is 2.45. The molecule has 0 amide bonds. The quantitative estimate of drug-likeness (QED) is 0.830. The second kappa shape index (κ2) is 5.54. The molecule has 6 heteroatoms. The number of aromatic amines is 1. The van der Waals surface area contributed by atoms with Gasteiger partial charge < -0.3 is 14.5 Å². The first kappa shape index (κ1) is 13.6. The molecule has 0 aliphatic carbocycles. The van der Waals surface area contributed by atoms with Crippen molar-refractivity contribution in [2.45, 2.75) is 19.4 Å². The van der Waals surface area contributed by atoms with Crippen LogP contribution in [0, 0.1) is 4.64 Å². The Kier molecular flexibility index (Phi) is 3.76. The van der Waals surface area contributed by atoms with Gasteiger partial charge in [0.05, 0.1) is 4.47 Å². The maximum Gasteiger partial charge on any atom is 0.190 e. The number of benzene rings is 1. The summed E-state index contributed by atoms with van der Waals surface area (Å²) >= 11 is 8.72. The fraction of sp³-hybridized carbons (Fsp3) is 0.286. The lowest BCUT2D eigenvalue weighted by molar-refractivity contribution is 0.0848. The summed E-state index contributed by atoms with van der Waals surface area (Å²) in [6, 6.07) is 7.61. The molecule has 1 aromatic carbocycles. The Bertz CT molecular complexity index is 702. The lowest BCUT2D eigenvalue weighted by Gasteiger charge is -2.26. The number of hydrogen-bond donors (Lipinski definition) is 1. The summed E-state index contributed by atoms with van der Waals surface area (Å²) in [4.78, 5) is 7.66. The van der Waals surface area contributed by atoms with Crippen LogP contribution in [0.4, 0.5) is 0 Å². The van der Waals surface area contributed by atoms with Crippen molar-refractivity contribution in [2.75, 3.05) is 6.61 Å². The van der Waals surface area contributed by atoms with Crippen molar-refractivity contribution in [3.63, 3.8) is 0 Å². The number of H-pyrrole nitrogens is 1. The van der Waals surface area contributed by atoms with E-state index in [-0.39, 0.29) is 6.10 Å². The van der Waals surface area contributed by atoms with Gasteiger partial charge in [0.1, 0.15) is 11.2 Å². The normalized spacial score (nSPS) is 17.0. The molecule has 0 radical (unpaired) electrons. The Balaban J connectivity index is 1.96. The zero-order chi connectivity index (χ0) is 14.1. The molecule has 2 aromatic rings. The molecular weight excluding hydrogens is 340 g/mol. The van der Waals surface area contributed by atoms with E-state index >= 15 is 0 Å². The Morgan fingerprint density at radius 2 is 2.15 bits per heavy atom. The second-order valence-corrected chi connectivity index (χ2v) is 5.62. The number of fused-ring (bicyclic) bond motifs is 1. The first-order valence-electron chi connectivity index (χ1n) is 6.36. The first-order chi connectivity index (χ1) is 9.69. The smallest absolute Gasteiger partial charge is 0.190 e. The number of halogens is 1. The maximum absolute atomic E-state index is 5.93. The lowest BCUT2D eigenvalue weighted by atomic mass is 10.2. The molecule has 0 spiro atoms. The molecule has 0 fully saturated rings. The number of aromatic nitrogens is 2. The highest BCUT2D eigenvalue weighted by atomic mass is 79.9. The monoisotopic (exact) mass is 352 g/mol. The highest BCUT2D eigenvalue weighted by Gasteiger charge is 2.24. The van der Waals surface area contributed by atoms with Gasteiger partial charge in [-0.3, -0.25) is 0 Å². The topological polar surface area (TPSA) is 47.1 Å². The van der Waals surface area contributed by atoms with Crippen molar-refractivity contribution in [3.05, 3.63) is 44.9 Å². The molecule has 1 unspecified atom stereocenters. The summed E-state index contributed by atoms with van der Waals surface area (Å²) in [5.41, 5.74) is 1.02. The number of aryl methyl sites for hydroxylation is 1. The van der Waals surface area contributed by atoms with Crippen LogP contribution in [0.3, 0.4) is 0 Å². The highest BCUT2D eigenvalue weighted by Crippen LogP contribution is 2.35. The van der Waals surface area contributed by atoms with Crippen LogP contribution in [0.5, 0.6) is 11.5 Å². The molecular formula is C14H13BrN2O2S. The van der Waals surface area contributed by atoms with Gasteiger partial charge in [-0.15, -0.1) is 0 Å². The van der Waals surface area contributed by atoms with Crippen LogP contribution in [-0.4, -0.2) is 16.6 Å². The van der Waals surface area contributed by atoms with Crippen LogP contribution in [0.2, 0.25) is 0 Å². The van der Waals surface area contributed by atoms with Gasteiger partial charge in [-0.1, -0.05) is 31.3 Å². The lowest BCUT2D eigenvalue weighted by Crippen LogP contribution is -2.24. The molecule has 1 aliphatic heterocycles. The predicted octanol–water partition coefficient (Wildman–Crippen LogP) is 3.98. The molecule has 1 aliphatic rings. The minimum Gasteiger partial charge on any atom is -0.485 e.